The molecule has 1 aromatic rings. The fourth-order valence-electron chi connectivity index (χ4n) is 1.34. The third-order valence-electron chi connectivity index (χ3n) is 2.81. The molecule has 0 saturated heterocycles. The van der Waals surface area contributed by atoms with Crippen molar-refractivity contribution in [1.82, 2.24) is 0 Å². The van der Waals surface area contributed by atoms with Gasteiger partial charge < -0.3 is 5.73 Å². The smallest absolute Gasteiger partial charge is 0.0491 e. The maximum Gasteiger partial charge on any atom is 0.0491 e. The maximum atomic E-state index is 11.9. The Balaban J connectivity index is 2.81. The number of benzene rings is 1. The maximum absolute atomic E-state index is 11.9. The second-order valence-corrected chi connectivity index (χ2v) is 5.73. The third-order valence-corrected chi connectivity index (χ3v) is 4.64. The van der Waals surface area contributed by atoms with Crippen molar-refractivity contribution in [1.29, 1.82) is 0 Å². The van der Waals surface area contributed by atoms with Crippen LogP contribution >= 0.6 is 0 Å². The number of anilines is 1. The Hall–Kier alpha value is -0.830. The first-order chi connectivity index (χ1) is 7.06. The van der Waals surface area contributed by atoms with Gasteiger partial charge >= 0.3 is 0 Å². The fourth-order valence-corrected chi connectivity index (χ4v) is 2.62. The molecule has 2 unspecified atom stereocenters. The van der Waals surface area contributed by atoms with E-state index in [1.54, 1.807) is 0 Å². The van der Waals surface area contributed by atoms with Gasteiger partial charge in [-0.3, -0.25) is 4.21 Å². The molecule has 0 amide bonds. The molecule has 15 heavy (non-hydrogen) atoms. The summed E-state index contributed by atoms with van der Waals surface area (Å²) >= 11 is 0. The summed E-state index contributed by atoms with van der Waals surface area (Å²) in [5.74, 6) is 0.617. The van der Waals surface area contributed by atoms with Gasteiger partial charge in [-0.05, 0) is 30.5 Å². The lowest BCUT2D eigenvalue weighted by Gasteiger charge is -2.11. The number of rotatable bonds is 4. The summed E-state index contributed by atoms with van der Waals surface area (Å²) in [5.41, 5.74) is 8.76. The van der Waals surface area contributed by atoms with Crippen molar-refractivity contribution in [3.05, 3.63) is 29.3 Å². The Bertz CT molecular complexity index is 363. The Labute approximate surface area is 94.3 Å². The molecule has 84 valence electrons. The van der Waals surface area contributed by atoms with E-state index >= 15 is 0 Å². The van der Waals surface area contributed by atoms with Crippen LogP contribution in [-0.4, -0.2) is 9.46 Å². The molecule has 2 nitrogen and oxygen atoms in total. The molecule has 0 bridgehead atoms. The molecular formula is C12H19NOS. The number of nitrogen functional groups attached to an aromatic ring is 1. The molecule has 0 aliphatic heterocycles. The Morgan fingerprint density at radius 1 is 1.47 bits per heavy atom. The molecule has 0 saturated carbocycles. The van der Waals surface area contributed by atoms with Gasteiger partial charge in [0, 0.05) is 27.5 Å². The highest BCUT2D eigenvalue weighted by atomic mass is 32.2. The summed E-state index contributed by atoms with van der Waals surface area (Å²) in [6.45, 7) is 6.07. The monoisotopic (exact) mass is 225 g/mol. The molecular weight excluding hydrogens is 206 g/mol. The van der Waals surface area contributed by atoms with E-state index < -0.39 is 10.8 Å². The average Bonchev–Trinajstić information content (AvgIpc) is 2.23. The van der Waals surface area contributed by atoms with Crippen molar-refractivity contribution >= 4 is 16.5 Å². The molecule has 2 N–H and O–H groups in total. The van der Waals surface area contributed by atoms with Gasteiger partial charge in [-0.2, -0.15) is 0 Å². The predicted octanol–water partition coefficient (Wildman–Crippen LogP) is 2.62. The first kappa shape index (κ1) is 12.2. The van der Waals surface area contributed by atoms with E-state index in [0.29, 0.717) is 5.75 Å². The number of nitrogens with two attached hydrogens (primary N) is 1. The zero-order valence-electron chi connectivity index (χ0n) is 9.62. The molecule has 0 aromatic heterocycles. The summed E-state index contributed by atoms with van der Waals surface area (Å²) in [6.07, 6.45) is 0.952. The fraction of sp³-hybridized carbons (Fsp3) is 0.500. The van der Waals surface area contributed by atoms with Crippen molar-refractivity contribution in [2.45, 2.75) is 38.2 Å². The topological polar surface area (TPSA) is 43.1 Å². The quantitative estimate of drug-likeness (QED) is 0.800. The van der Waals surface area contributed by atoms with E-state index in [4.69, 9.17) is 5.73 Å². The number of hydrogen-bond donors (Lipinski definition) is 1. The molecule has 0 spiro atoms. The molecule has 1 aromatic carbocycles. The van der Waals surface area contributed by atoms with E-state index in [-0.39, 0.29) is 5.25 Å². The van der Waals surface area contributed by atoms with Crippen molar-refractivity contribution in [2.24, 2.45) is 0 Å². The lowest BCUT2D eigenvalue weighted by atomic mass is 10.1. The van der Waals surface area contributed by atoms with Crippen LogP contribution in [0.4, 0.5) is 5.69 Å². The molecule has 0 aliphatic carbocycles. The lowest BCUT2D eigenvalue weighted by Crippen LogP contribution is -2.12. The van der Waals surface area contributed by atoms with Crippen molar-refractivity contribution in [3.8, 4) is 0 Å². The van der Waals surface area contributed by atoms with Gasteiger partial charge in [0.05, 0.1) is 0 Å². The minimum absolute atomic E-state index is 0.255. The van der Waals surface area contributed by atoms with E-state index in [2.05, 4.69) is 6.92 Å². The Morgan fingerprint density at radius 2 is 2.13 bits per heavy atom. The van der Waals surface area contributed by atoms with E-state index in [0.717, 1.165) is 23.2 Å². The van der Waals surface area contributed by atoms with E-state index in [9.17, 15) is 4.21 Å². The standard InChI is InChI=1S/C12H19NOS/c1-4-9(2)15(14)8-11-6-5-7-12(13)10(11)3/h5-7,9H,4,8,13H2,1-3H3. The van der Waals surface area contributed by atoms with Crippen LogP contribution in [0.15, 0.2) is 18.2 Å². The molecule has 0 heterocycles. The summed E-state index contributed by atoms with van der Waals surface area (Å²) in [6, 6.07) is 5.81. The molecule has 2 atom stereocenters. The number of hydrogen-bond acceptors (Lipinski definition) is 2. The molecule has 0 aliphatic rings. The summed E-state index contributed by atoms with van der Waals surface area (Å²) < 4.78 is 11.9. The van der Waals surface area contributed by atoms with Crippen LogP contribution in [-0.2, 0) is 16.6 Å². The van der Waals surface area contributed by atoms with Crippen LogP contribution in [0, 0.1) is 6.92 Å². The third kappa shape index (κ3) is 3.06. The highest BCUT2D eigenvalue weighted by Gasteiger charge is 2.11. The van der Waals surface area contributed by atoms with Crippen LogP contribution in [0.3, 0.4) is 0 Å². The van der Waals surface area contributed by atoms with Crippen LogP contribution in [0.5, 0.6) is 0 Å². The molecule has 3 heteroatoms. The summed E-state index contributed by atoms with van der Waals surface area (Å²) in [5, 5.41) is 0.255. The Kier molecular flexibility index (Phi) is 4.33. The SMILES string of the molecule is CCC(C)S(=O)Cc1cccc(N)c1C. The average molecular weight is 225 g/mol. The van der Waals surface area contributed by atoms with Crippen molar-refractivity contribution < 1.29 is 4.21 Å². The lowest BCUT2D eigenvalue weighted by molar-refractivity contribution is 0.669. The van der Waals surface area contributed by atoms with Crippen LogP contribution in [0.2, 0.25) is 0 Å². The first-order valence-corrected chi connectivity index (χ1v) is 6.65. The normalized spacial score (nSPS) is 14.9. The van der Waals surface area contributed by atoms with Crippen LogP contribution in [0.1, 0.15) is 31.4 Å². The highest BCUT2D eigenvalue weighted by Crippen LogP contribution is 2.18. The van der Waals surface area contributed by atoms with Gasteiger partial charge in [0.25, 0.3) is 0 Å². The van der Waals surface area contributed by atoms with Gasteiger partial charge in [0.2, 0.25) is 0 Å². The summed E-state index contributed by atoms with van der Waals surface area (Å²) in [7, 11) is -0.790. The van der Waals surface area contributed by atoms with Gasteiger partial charge in [-0.25, -0.2) is 0 Å². The second kappa shape index (κ2) is 5.31. The predicted molar refractivity (Wildman–Crippen MR) is 67.2 cm³/mol. The zero-order chi connectivity index (χ0) is 11.4. The van der Waals surface area contributed by atoms with Gasteiger partial charge in [0.1, 0.15) is 0 Å². The van der Waals surface area contributed by atoms with Crippen LogP contribution in [0.25, 0.3) is 0 Å². The molecule has 0 radical (unpaired) electrons. The van der Waals surface area contributed by atoms with Gasteiger partial charge in [-0.15, -0.1) is 0 Å². The van der Waals surface area contributed by atoms with Gasteiger partial charge in [-0.1, -0.05) is 26.0 Å². The Morgan fingerprint density at radius 3 is 2.73 bits per heavy atom. The first-order valence-electron chi connectivity index (χ1n) is 5.27. The van der Waals surface area contributed by atoms with Gasteiger partial charge in [0.15, 0.2) is 0 Å². The van der Waals surface area contributed by atoms with Crippen molar-refractivity contribution in [2.75, 3.05) is 5.73 Å². The highest BCUT2D eigenvalue weighted by molar-refractivity contribution is 7.84. The molecule has 0 fully saturated rings. The van der Waals surface area contributed by atoms with E-state index in [1.807, 2.05) is 32.0 Å². The van der Waals surface area contributed by atoms with E-state index in [1.165, 1.54) is 0 Å². The zero-order valence-corrected chi connectivity index (χ0v) is 10.4. The summed E-state index contributed by atoms with van der Waals surface area (Å²) in [4.78, 5) is 0. The minimum Gasteiger partial charge on any atom is -0.399 e. The molecule has 1 rings (SSSR count). The minimum atomic E-state index is -0.790. The van der Waals surface area contributed by atoms with Crippen LogP contribution < -0.4 is 5.73 Å². The largest absolute Gasteiger partial charge is 0.399 e. The van der Waals surface area contributed by atoms with Crippen molar-refractivity contribution in [3.63, 3.8) is 0 Å². The second-order valence-electron chi connectivity index (χ2n) is 3.88.